The zero-order valence-electron chi connectivity index (χ0n) is 10.1. The molecule has 2 atom stereocenters. The van der Waals surface area contributed by atoms with Crippen LogP contribution in [-0.4, -0.2) is 55.2 Å². The van der Waals surface area contributed by atoms with Crippen molar-refractivity contribution >= 4 is 5.91 Å². The number of carbonyl (C=O) groups is 1. The summed E-state index contributed by atoms with van der Waals surface area (Å²) in [6, 6.07) is 0. The van der Waals surface area contributed by atoms with Crippen LogP contribution in [0, 0.1) is 5.92 Å². The molecular weight excluding hydrogens is 194 g/mol. The smallest absolute Gasteiger partial charge is 0.224 e. The molecule has 0 aromatic rings. The third-order valence-corrected chi connectivity index (χ3v) is 2.10. The van der Waals surface area contributed by atoms with Crippen LogP contribution in [0.5, 0.6) is 0 Å². The van der Waals surface area contributed by atoms with Gasteiger partial charge in [-0.25, -0.2) is 0 Å². The molecule has 0 radical (unpaired) electrons. The quantitative estimate of drug-likeness (QED) is 0.534. The van der Waals surface area contributed by atoms with Crippen LogP contribution in [0.2, 0.25) is 0 Å². The molecule has 0 rings (SSSR count). The SMILES string of the molecule is CC(CN)C(=O)NCC(C)(O)CN(C)C. The van der Waals surface area contributed by atoms with Crippen LogP contribution >= 0.6 is 0 Å². The molecule has 1 amide bonds. The fourth-order valence-electron chi connectivity index (χ4n) is 1.30. The zero-order valence-corrected chi connectivity index (χ0v) is 10.1. The highest BCUT2D eigenvalue weighted by molar-refractivity contribution is 5.78. The summed E-state index contributed by atoms with van der Waals surface area (Å²) in [7, 11) is 3.75. The van der Waals surface area contributed by atoms with Crippen LogP contribution in [0.25, 0.3) is 0 Å². The summed E-state index contributed by atoms with van der Waals surface area (Å²) in [5.74, 6) is -0.323. The Bertz CT molecular complexity index is 205. The highest BCUT2D eigenvalue weighted by Gasteiger charge is 2.23. The minimum atomic E-state index is -0.909. The number of aliphatic hydroxyl groups is 1. The minimum Gasteiger partial charge on any atom is -0.387 e. The van der Waals surface area contributed by atoms with Crippen molar-refractivity contribution in [2.24, 2.45) is 11.7 Å². The number of nitrogens with one attached hydrogen (secondary N) is 1. The normalized spacial score (nSPS) is 17.3. The Labute approximate surface area is 91.6 Å². The standard InChI is InChI=1S/C10H23N3O2/c1-8(5-11)9(14)12-6-10(2,15)7-13(3)4/h8,15H,5-7,11H2,1-4H3,(H,12,14). The maximum absolute atomic E-state index is 11.4. The molecule has 0 saturated heterocycles. The molecule has 0 aromatic carbocycles. The minimum absolute atomic E-state index is 0.114. The van der Waals surface area contributed by atoms with E-state index in [0.717, 1.165) is 0 Å². The first kappa shape index (κ1) is 14.3. The molecule has 0 saturated carbocycles. The average Bonchev–Trinajstić information content (AvgIpc) is 2.11. The van der Waals surface area contributed by atoms with Gasteiger partial charge in [0.25, 0.3) is 0 Å². The van der Waals surface area contributed by atoms with E-state index in [1.807, 2.05) is 19.0 Å². The van der Waals surface area contributed by atoms with Gasteiger partial charge in [0.2, 0.25) is 5.91 Å². The number of likely N-dealkylation sites (N-methyl/N-ethyl adjacent to an activating group) is 1. The number of hydrogen-bond donors (Lipinski definition) is 3. The molecule has 4 N–H and O–H groups in total. The molecule has 15 heavy (non-hydrogen) atoms. The topological polar surface area (TPSA) is 78.6 Å². The van der Waals surface area contributed by atoms with Crippen molar-refractivity contribution in [3.05, 3.63) is 0 Å². The van der Waals surface area contributed by atoms with Crippen molar-refractivity contribution in [2.75, 3.05) is 33.7 Å². The highest BCUT2D eigenvalue weighted by Crippen LogP contribution is 2.03. The van der Waals surface area contributed by atoms with E-state index in [-0.39, 0.29) is 18.4 Å². The second-order valence-corrected chi connectivity index (χ2v) is 4.59. The molecular formula is C10H23N3O2. The maximum atomic E-state index is 11.4. The first-order valence-electron chi connectivity index (χ1n) is 5.13. The summed E-state index contributed by atoms with van der Waals surface area (Å²) < 4.78 is 0. The molecule has 0 aliphatic carbocycles. The fourth-order valence-corrected chi connectivity index (χ4v) is 1.30. The Morgan fingerprint density at radius 2 is 2.13 bits per heavy atom. The number of nitrogens with two attached hydrogens (primary N) is 1. The van der Waals surface area contributed by atoms with E-state index in [2.05, 4.69) is 5.32 Å². The van der Waals surface area contributed by atoms with Gasteiger partial charge in [0, 0.05) is 25.6 Å². The van der Waals surface area contributed by atoms with Crippen molar-refractivity contribution in [1.82, 2.24) is 10.2 Å². The molecule has 90 valence electrons. The molecule has 0 aliphatic heterocycles. The molecule has 0 bridgehead atoms. The van der Waals surface area contributed by atoms with Crippen molar-refractivity contribution in [3.8, 4) is 0 Å². The van der Waals surface area contributed by atoms with Crippen LogP contribution in [0.1, 0.15) is 13.8 Å². The summed E-state index contributed by atoms with van der Waals surface area (Å²) >= 11 is 0. The summed E-state index contributed by atoms with van der Waals surface area (Å²) in [6.07, 6.45) is 0. The van der Waals surface area contributed by atoms with Gasteiger partial charge in [-0.05, 0) is 21.0 Å². The third kappa shape index (κ3) is 6.43. The van der Waals surface area contributed by atoms with E-state index in [1.54, 1.807) is 13.8 Å². The van der Waals surface area contributed by atoms with Gasteiger partial charge in [-0.1, -0.05) is 6.92 Å². The Hall–Kier alpha value is -0.650. The Balaban J connectivity index is 3.98. The molecule has 0 aromatic heterocycles. The Morgan fingerprint density at radius 3 is 2.53 bits per heavy atom. The second kappa shape index (κ2) is 6.05. The Morgan fingerprint density at radius 1 is 1.60 bits per heavy atom. The van der Waals surface area contributed by atoms with Crippen LogP contribution in [0.3, 0.4) is 0 Å². The van der Waals surface area contributed by atoms with E-state index in [0.29, 0.717) is 13.1 Å². The number of amides is 1. The van der Waals surface area contributed by atoms with Gasteiger partial charge in [0.15, 0.2) is 0 Å². The predicted molar refractivity (Wildman–Crippen MR) is 60.4 cm³/mol. The number of rotatable bonds is 6. The largest absolute Gasteiger partial charge is 0.387 e. The zero-order chi connectivity index (χ0) is 12.1. The van der Waals surface area contributed by atoms with Gasteiger partial charge in [-0.2, -0.15) is 0 Å². The average molecular weight is 217 g/mol. The predicted octanol–water partition coefficient (Wildman–Crippen LogP) is -0.990. The fraction of sp³-hybridized carbons (Fsp3) is 0.900. The first-order valence-corrected chi connectivity index (χ1v) is 5.13. The van der Waals surface area contributed by atoms with Crippen molar-refractivity contribution in [2.45, 2.75) is 19.4 Å². The van der Waals surface area contributed by atoms with Gasteiger partial charge in [-0.3, -0.25) is 4.79 Å². The maximum Gasteiger partial charge on any atom is 0.224 e. The first-order chi connectivity index (χ1) is 6.78. The Kier molecular flexibility index (Phi) is 5.79. The molecule has 5 nitrogen and oxygen atoms in total. The molecule has 2 unspecified atom stereocenters. The van der Waals surface area contributed by atoms with Crippen LogP contribution < -0.4 is 11.1 Å². The molecule has 0 spiro atoms. The summed E-state index contributed by atoms with van der Waals surface area (Å²) in [5.41, 5.74) is 4.45. The van der Waals surface area contributed by atoms with E-state index in [4.69, 9.17) is 5.73 Å². The third-order valence-electron chi connectivity index (χ3n) is 2.10. The van der Waals surface area contributed by atoms with E-state index in [1.165, 1.54) is 0 Å². The van der Waals surface area contributed by atoms with Crippen LogP contribution in [0.4, 0.5) is 0 Å². The summed E-state index contributed by atoms with van der Waals surface area (Å²) in [5, 5.41) is 12.6. The van der Waals surface area contributed by atoms with E-state index in [9.17, 15) is 9.90 Å². The van der Waals surface area contributed by atoms with Crippen molar-refractivity contribution in [1.29, 1.82) is 0 Å². The van der Waals surface area contributed by atoms with Crippen LogP contribution in [0.15, 0.2) is 0 Å². The molecule has 0 aliphatic rings. The van der Waals surface area contributed by atoms with Gasteiger partial charge in [0.1, 0.15) is 0 Å². The lowest BCUT2D eigenvalue weighted by atomic mass is 10.1. The number of nitrogens with zero attached hydrogens (tertiary/aromatic N) is 1. The van der Waals surface area contributed by atoms with Gasteiger partial charge in [-0.15, -0.1) is 0 Å². The van der Waals surface area contributed by atoms with Gasteiger partial charge in [0.05, 0.1) is 5.60 Å². The second-order valence-electron chi connectivity index (χ2n) is 4.59. The molecule has 5 heteroatoms. The molecule has 0 fully saturated rings. The van der Waals surface area contributed by atoms with Crippen molar-refractivity contribution < 1.29 is 9.90 Å². The van der Waals surface area contributed by atoms with Gasteiger partial charge >= 0.3 is 0 Å². The van der Waals surface area contributed by atoms with Crippen LogP contribution in [-0.2, 0) is 4.79 Å². The lowest BCUT2D eigenvalue weighted by Crippen LogP contribution is -2.48. The number of carbonyl (C=O) groups excluding carboxylic acids is 1. The summed E-state index contributed by atoms with van der Waals surface area (Å²) in [4.78, 5) is 13.3. The summed E-state index contributed by atoms with van der Waals surface area (Å²) in [6.45, 7) is 4.52. The van der Waals surface area contributed by atoms with Gasteiger partial charge < -0.3 is 21.1 Å². The monoisotopic (exact) mass is 217 g/mol. The lowest BCUT2D eigenvalue weighted by Gasteiger charge is -2.27. The van der Waals surface area contributed by atoms with E-state index >= 15 is 0 Å². The number of hydrogen-bond acceptors (Lipinski definition) is 4. The highest BCUT2D eigenvalue weighted by atomic mass is 16.3. The van der Waals surface area contributed by atoms with E-state index < -0.39 is 5.60 Å². The van der Waals surface area contributed by atoms with Crippen molar-refractivity contribution in [3.63, 3.8) is 0 Å². The molecule has 0 heterocycles. The lowest BCUT2D eigenvalue weighted by molar-refractivity contribution is -0.125.